The summed E-state index contributed by atoms with van der Waals surface area (Å²) < 4.78 is 0. The van der Waals surface area contributed by atoms with Gasteiger partial charge in [0, 0.05) is 11.8 Å². The minimum Gasteiger partial charge on any atom is -0.255 e. The molecule has 0 fully saturated rings. The lowest BCUT2D eigenvalue weighted by atomic mass is 10.0. The van der Waals surface area contributed by atoms with E-state index in [1.165, 1.54) is 0 Å². The number of aromatic nitrogens is 2. The lowest BCUT2D eigenvalue weighted by Crippen LogP contribution is -1.93. The lowest BCUT2D eigenvalue weighted by Gasteiger charge is -2.07. The van der Waals surface area contributed by atoms with E-state index < -0.39 is 0 Å². The average Bonchev–Trinajstić information content (AvgIpc) is 2.56. The fourth-order valence-corrected chi connectivity index (χ4v) is 2.05. The van der Waals surface area contributed by atoms with Crippen LogP contribution < -0.4 is 0 Å². The molecule has 0 aliphatic heterocycles. The van der Waals surface area contributed by atoms with Crippen LogP contribution in [0.3, 0.4) is 0 Å². The summed E-state index contributed by atoms with van der Waals surface area (Å²) >= 11 is 0. The summed E-state index contributed by atoms with van der Waals surface area (Å²) in [6.45, 7) is 4.15. The topological polar surface area (TPSA) is 25.8 Å². The molecule has 0 atom stereocenters. The lowest BCUT2D eigenvalue weighted by molar-refractivity contribution is 1.22. The maximum absolute atomic E-state index is 4.66. The highest BCUT2D eigenvalue weighted by molar-refractivity contribution is 5.76. The minimum absolute atomic E-state index is 0.861. The van der Waals surface area contributed by atoms with Crippen LogP contribution in [-0.2, 0) is 0 Å². The molecule has 0 aliphatic rings. The number of hydrogen-bond donors (Lipinski definition) is 0. The molecule has 0 aliphatic carbocycles. The number of rotatable bonds is 3. The summed E-state index contributed by atoms with van der Waals surface area (Å²) in [6.07, 6.45) is 1.77. The summed E-state index contributed by atoms with van der Waals surface area (Å²) in [5.41, 5.74) is 4.61. The van der Waals surface area contributed by atoms with Crippen molar-refractivity contribution in [3.05, 3.63) is 90.8 Å². The smallest absolute Gasteiger partial charge is 0.0893 e. The van der Waals surface area contributed by atoms with E-state index in [4.69, 9.17) is 0 Å². The van der Waals surface area contributed by atoms with E-state index in [0.717, 1.165) is 28.2 Å². The first-order chi connectivity index (χ1) is 9.84. The van der Waals surface area contributed by atoms with Crippen molar-refractivity contribution in [3.63, 3.8) is 0 Å². The monoisotopic (exact) mass is 258 g/mol. The highest BCUT2D eigenvalue weighted by Gasteiger charge is 2.06. The van der Waals surface area contributed by atoms with Crippen LogP contribution in [0.2, 0.25) is 0 Å². The molecule has 0 bridgehead atoms. The van der Waals surface area contributed by atoms with Gasteiger partial charge in [0.05, 0.1) is 17.1 Å². The second-order valence-electron chi connectivity index (χ2n) is 4.47. The van der Waals surface area contributed by atoms with Crippen molar-refractivity contribution in [2.24, 2.45) is 0 Å². The van der Waals surface area contributed by atoms with Crippen molar-refractivity contribution in [2.75, 3.05) is 0 Å². The van der Waals surface area contributed by atoms with Crippen LogP contribution in [0.25, 0.3) is 17.0 Å². The average molecular weight is 258 g/mol. The van der Waals surface area contributed by atoms with Gasteiger partial charge in [-0.25, -0.2) is 4.98 Å². The molecular weight excluding hydrogens is 244 g/mol. The zero-order chi connectivity index (χ0) is 13.8. The third kappa shape index (κ3) is 2.50. The molecule has 1 aromatic carbocycles. The van der Waals surface area contributed by atoms with Crippen LogP contribution in [0.5, 0.6) is 0 Å². The first kappa shape index (κ1) is 12.3. The quantitative estimate of drug-likeness (QED) is 0.703. The van der Waals surface area contributed by atoms with Gasteiger partial charge in [-0.1, -0.05) is 49.0 Å². The van der Waals surface area contributed by atoms with Crippen LogP contribution in [0, 0.1) is 0 Å². The molecule has 96 valence electrons. The van der Waals surface area contributed by atoms with E-state index in [1.807, 2.05) is 66.7 Å². The molecule has 0 N–H and O–H groups in total. The van der Waals surface area contributed by atoms with Crippen LogP contribution in [0.1, 0.15) is 11.3 Å². The van der Waals surface area contributed by atoms with Gasteiger partial charge in [0.15, 0.2) is 0 Å². The molecule has 20 heavy (non-hydrogen) atoms. The molecule has 3 aromatic rings. The van der Waals surface area contributed by atoms with Crippen LogP contribution in [0.15, 0.2) is 79.5 Å². The van der Waals surface area contributed by atoms with Gasteiger partial charge in [0.25, 0.3) is 0 Å². The summed E-state index contributed by atoms with van der Waals surface area (Å²) in [5, 5.41) is 0. The van der Waals surface area contributed by atoms with Crippen molar-refractivity contribution in [2.45, 2.75) is 0 Å². The molecule has 0 spiro atoms. The van der Waals surface area contributed by atoms with E-state index in [1.54, 1.807) is 6.20 Å². The normalized spacial score (nSPS) is 10.2. The molecular formula is C18H14N2. The third-order valence-electron chi connectivity index (χ3n) is 3.11. The first-order valence-electron chi connectivity index (χ1n) is 6.48. The van der Waals surface area contributed by atoms with Crippen molar-refractivity contribution in [3.8, 4) is 11.4 Å². The Labute approximate surface area is 118 Å². The van der Waals surface area contributed by atoms with Crippen LogP contribution in [0.4, 0.5) is 0 Å². The molecule has 2 aromatic heterocycles. The summed E-state index contributed by atoms with van der Waals surface area (Å²) in [5.74, 6) is 0. The summed E-state index contributed by atoms with van der Waals surface area (Å²) in [6, 6.07) is 21.8. The van der Waals surface area contributed by atoms with E-state index in [9.17, 15) is 0 Å². The number of pyridine rings is 2. The molecule has 0 unspecified atom stereocenters. The van der Waals surface area contributed by atoms with Gasteiger partial charge in [-0.15, -0.1) is 0 Å². The zero-order valence-corrected chi connectivity index (χ0v) is 11.0. The van der Waals surface area contributed by atoms with E-state index in [-0.39, 0.29) is 0 Å². The van der Waals surface area contributed by atoms with E-state index in [0.29, 0.717) is 0 Å². The largest absolute Gasteiger partial charge is 0.255 e. The molecule has 0 saturated heterocycles. The molecule has 3 rings (SSSR count). The van der Waals surface area contributed by atoms with Gasteiger partial charge in [-0.2, -0.15) is 0 Å². The zero-order valence-electron chi connectivity index (χ0n) is 11.0. The van der Waals surface area contributed by atoms with Crippen molar-refractivity contribution in [1.29, 1.82) is 0 Å². The van der Waals surface area contributed by atoms with Crippen molar-refractivity contribution < 1.29 is 0 Å². The highest BCUT2D eigenvalue weighted by atomic mass is 14.8. The van der Waals surface area contributed by atoms with Gasteiger partial charge in [0.1, 0.15) is 0 Å². The summed E-state index contributed by atoms with van der Waals surface area (Å²) in [4.78, 5) is 8.99. The Morgan fingerprint density at radius 2 is 1.50 bits per heavy atom. The SMILES string of the molecule is C=C(c1ccccc1)c1cccc(-c2ccccn2)n1. The maximum Gasteiger partial charge on any atom is 0.0893 e. The molecule has 2 heteroatoms. The predicted octanol–water partition coefficient (Wildman–Crippen LogP) is 4.21. The second kappa shape index (κ2) is 5.49. The highest BCUT2D eigenvalue weighted by Crippen LogP contribution is 2.22. The number of benzene rings is 1. The number of nitrogens with zero attached hydrogens (tertiary/aromatic N) is 2. The maximum atomic E-state index is 4.66. The van der Waals surface area contributed by atoms with Gasteiger partial charge < -0.3 is 0 Å². The van der Waals surface area contributed by atoms with E-state index >= 15 is 0 Å². The van der Waals surface area contributed by atoms with Gasteiger partial charge >= 0.3 is 0 Å². The Morgan fingerprint density at radius 3 is 2.25 bits per heavy atom. The Kier molecular flexibility index (Phi) is 3.38. The Morgan fingerprint density at radius 1 is 0.750 bits per heavy atom. The Balaban J connectivity index is 1.98. The summed E-state index contributed by atoms with van der Waals surface area (Å²) in [7, 11) is 0. The standard InChI is InChI=1S/C18H14N2/c1-14(15-8-3-2-4-9-15)16-11-7-12-18(20-16)17-10-5-6-13-19-17/h2-13H,1H2. The van der Waals surface area contributed by atoms with Gasteiger partial charge in [-0.05, 0) is 29.8 Å². The molecule has 0 amide bonds. The fraction of sp³-hybridized carbons (Fsp3) is 0. The van der Waals surface area contributed by atoms with Crippen molar-refractivity contribution in [1.82, 2.24) is 9.97 Å². The van der Waals surface area contributed by atoms with Crippen LogP contribution in [-0.4, -0.2) is 9.97 Å². The van der Waals surface area contributed by atoms with Gasteiger partial charge in [-0.3, -0.25) is 4.98 Å². The van der Waals surface area contributed by atoms with Crippen LogP contribution >= 0.6 is 0 Å². The molecule has 0 saturated carbocycles. The fourth-order valence-electron chi connectivity index (χ4n) is 2.05. The van der Waals surface area contributed by atoms with Gasteiger partial charge in [0.2, 0.25) is 0 Å². The first-order valence-corrected chi connectivity index (χ1v) is 6.48. The third-order valence-corrected chi connectivity index (χ3v) is 3.11. The number of hydrogen-bond acceptors (Lipinski definition) is 2. The Hall–Kier alpha value is -2.74. The van der Waals surface area contributed by atoms with E-state index in [2.05, 4.69) is 16.5 Å². The van der Waals surface area contributed by atoms with Crippen molar-refractivity contribution >= 4 is 5.57 Å². The molecule has 0 radical (unpaired) electrons. The predicted molar refractivity (Wildman–Crippen MR) is 82.0 cm³/mol. The molecule has 2 nitrogen and oxygen atoms in total. The Bertz CT molecular complexity index is 719. The second-order valence-corrected chi connectivity index (χ2v) is 4.47. The molecule has 2 heterocycles. The minimum atomic E-state index is 0.861.